The van der Waals surface area contributed by atoms with Gasteiger partial charge in [0.25, 0.3) is 0 Å². The second-order valence-corrected chi connectivity index (χ2v) is 5.31. The van der Waals surface area contributed by atoms with Crippen LogP contribution in [-0.2, 0) is 16.0 Å². The van der Waals surface area contributed by atoms with E-state index in [1.54, 1.807) is 4.52 Å². The third kappa shape index (κ3) is 3.73. The number of carbonyl (C=O) groups excluding carboxylic acids is 2. The van der Waals surface area contributed by atoms with Crippen LogP contribution in [0.1, 0.15) is 24.2 Å². The van der Waals surface area contributed by atoms with Crippen LogP contribution in [-0.4, -0.2) is 44.7 Å². The van der Waals surface area contributed by atoms with Crippen molar-refractivity contribution in [3.8, 4) is 0 Å². The first-order valence-corrected chi connectivity index (χ1v) is 7.07. The molecule has 2 N–H and O–H groups in total. The van der Waals surface area contributed by atoms with E-state index in [4.69, 9.17) is 0 Å². The molecule has 2 amide bonds. The van der Waals surface area contributed by atoms with Gasteiger partial charge < -0.3 is 10.6 Å². The molecule has 0 aliphatic rings. The molecule has 0 bridgehead atoms. The second-order valence-electron chi connectivity index (χ2n) is 4.27. The first kappa shape index (κ1) is 14.4. The van der Waals surface area contributed by atoms with E-state index >= 15 is 0 Å². The molecule has 108 valence electrons. The van der Waals surface area contributed by atoms with Crippen molar-refractivity contribution < 1.29 is 9.59 Å². The molecule has 0 aromatic carbocycles. The number of aromatic nitrogens is 4. The van der Waals surface area contributed by atoms with Gasteiger partial charge in [0.05, 0.1) is 0 Å². The van der Waals surface area contributed by atoms with Crippen LogP contribution >= 0.6 is 11.3 Å². The first-order chi connectivity index (χ1) is 9.56. The molecule has 0 radical (unpaired) electrons. The summed E-state index contributed by atoms with van der Waals surface area (Å²) in [5.74, 6) is 0.578. The molecule has 0 fully saturated rings. The van der Waals surface area contributed by atoms with Gasteiger partial charge in [-0.15, -0.1) is 10.2 Å². The Labute approximate surface area is 119 Å². The summed E-state index contributed by atoms with van der Waals surface area (Å²) in [6.45, 7) is 4.15. The topological polar surface area (TPSA) is 101 Å². The molecular formula is C11H16N6O2S. The Balaban J connectivity index is 1.74. The van der Waals surface area contributed by atoms with Gasteiger partial charge in [-0.1, -0.05) is 11.3 Å². The first-order valence-electron chi connectivity index (χ1n) is 6.25. The van der Waals surface area contributed by atoms with Gasteiger partial charge in [0, 0.05) is 32.9 Å². The summed E-state index contributed by atoms with van der Waals surface area (Å²) in [5.41, 5.74) is 0. The lowest BCUT2D eigenvalue weighted by molar-refractivity contribution is -0.122. The summed E-state index contributed by atoms with van der Waals surface area (Å²) in [4.78, 5) is 23.0. The van der Waals surface area contributed by atoms with Crippen LogP contribution in [0.3, 0.4) is 0 Å². The van der Waals surface area contributed by atoms with Crippen LogP contribution in [0.25, 0.3) is 4.96 Å². The van der Waals surface area contributed by atoms with Crippen LogP contribution in [0.2, 0.25) is 0 Å². The predicted octanol–water partition coefficient (Wildman–Crippen LogP) is -0.321. The molecule has 2 rings (SSSR count). The molecule has 0 aliphatic carbocycles. The lowest BCUT2D eigenvalue weighted by atomic mass is 10.3. The van der Waals surface area contributed by atoms with Crippen molar-refractivity contribution in [1.82, 2.24) is 30.4 Å². The van der Waals surface area contributed by atoms with Gasteiger partial charge in [-0.05, 0) is 6.92 Å². The summed E-state index contributed by atoms with van der Waals surface area (Å²) >= 11 is 1.43. The smallest absolute Gasteiger partial charge is 0.234 e. The van der Waals surface area contributed by atoms with Crippen LogP contribution in [0.15, 0.2) is 0 Å². The predicted molar refractivity (Wildman–Crippen MR) is 73.4 cm³/mol. The number of rotatable bonds is 6. The Hall–Kier alpha value is -2.03. The minimum atomic E-state index is -0.102. The van der Waals surface area contributed by atoms with Gasteiger partial charge in [0.2, 0.25) is 16.8 Å². The van der Waals surface area contributed by atoms with Gasteiger partial charge >= 0.3 is 0 Å². The Bertz CT molecular complexity index is 619. The molecule has 2 aromatic rings. The molecule has 20 heavy (non-hydrogen) atoms. The van der Waals surface area contributed by atoms with Crippen molar-refractivity contribution in [2.75, 3.05) is 13.1 Å². The van der Waals surface area contributed by atoms with Crippen molar-refractivity contribution >= 4 is 28.1 Å². The maximum Gasteiger partial charge on any atom is 0.234 e. The zero-order valence-electron chi connectivity index (χ0n) is 11.3. The second kappa shape index (κ2) is 6.42. The van der Waals surface area contributed by atoms with E-state index in [1.807, 2.05) is 6.92 Å². The summed E-state index contributed by atoms with van der Waals surface area (Å²) in [5, 5.41) is 18.4. The van der Waals surface area contributed by atoms with E-state index in [0.717, 1.165) is 15.8 Å². The zero-order chi connectivity index (χ0) is 14.5. The van der Waals surface area contributed by atoms with Gasteiger partial charge in [-0.3, -0.25) is 9.59 Å². The third-order valence-corrected chi connectivity index (χ3v) is 3.53. The molecule has 0 saturated heterocycles. The number of hydrogen-bond donors (Lipinski definition) is 2. The van der Waals surface area contributed by atoms with Crippen molar-refractivity contribution in [2.45, 2.75) is 26.7 Å². The lowest BCUT2D eigenvalue weighted by Gasteiger charge is -2.04. The van der Waals surface area contributed by atoms with Crippen molar-refractivity contribution in [2.24, 2.45) is 0 Å². The van der Waals surface area contributed by atoms with E-state index in [1.165, 1.54) is 18.3 Å². The minimum Gasteiger partial charge on any atom is -0.355 e. The van der Waals surface area contributed by atoms with Crippen LogP contribution < -0.4 is 10.6 Å². The third-order valence-electron chi connectivity index (χ3n) is 2.58. The van der Waals surface area contributed by atoms with Crippen molar-refractivity contribution in [3.05, 3.63) is 10.8 Å². The summed E-state index contributed by atoms with van der Waals surface area (Å²) in [6.07, 6.45) is 0.933. The Morgan fingerprint density at radius 1 is 1.25 bits per heavy atom. The average molecular weight is 296 g/mol. The number of nitrogens with zero attached hydrogens (tertiary/aromatic N) is 4. The Morgan fingerprint density at radius 2 is 2.00 bits per heavy atom. The van der Waals surface area contributed by atoms with Crippen molar-refractivity contribution in [3.63, 3.8) is 0 Å². The maximum atomic E-state index is 11.6. The van der Waals surface area contributed by atoms with Crippen LogP contribution in [0.5, 0.6) is 0 Å². The average Bonchev–Trinajstić information content (AvgIpc) is 2.94. The molecule has 8 nitrogen and oxygen atoms in total. The SMILES string of the molecule is CC(=O)NCCNC(=O)CCc1nn2c(C)nnc2s1. The van der Waals surface area contributed by atoms with E-state index in [-0.39, 0.29) is 11.8 Å². The van der Waals surface area contributed by atoms with E-state index in [9.17, 15) is 9.59 Å². The standard InChI is InChI=1S/C11H16N6O2S/c1-7-14-15-11-17(7)16-10(20-11)4-3-9(19)13-6-5-12-8(2)18/h3-6H2,1-2H3,(H,12,18)(H,13,19). The van der Waals surface area contributed by atoms with Gasteiger partial charge in [-0.25, -0.2) is 0 Å². The fraction of sp³-hybridized carbons (Fsp3) is 0.545. The van der Waals surface area contributed by atoms with Crippen molar-refractivity contribution in [1.29, 1.82) is 0 Å². The molecule has 9 heteroatoms. The highest BCUT2D eigenvalue weighted by molar-refractivity contribution is 7.16. The monoisotopic (exact) mass is 296 g/mol. The van der Waals surface area contributed by atoms with Gasteiger partial charge in [-0.2, -0.15) is 9.61 Å². The fourth-order valence-electron chi connectivity index (χ4n) is 1.60. The number of carbonyl (C=O) groups is 2. The summed E-state index contributed by atoms with van der Waals surface area (Å²) < 4.78 is 1.68. The molecular weight excluding hydrogens is 280 g/mol. The minimum absolute atomic E-state index is 0.0574. The van der Waals surface area contributed by atoms with E-state index < -0.39 is 0 Å². The molecule has 0 unspecified atom stereocenters. The fourth-order valence-corrected chi connectivity index (χ4v) is 2.48. The number of amides is 2. The van der Waals surface area contributed by atoms with Crippen LogP contribution in [0, 0.1) is 6.92 Å². The lowest BCUT2D eigenvalue weighted by Crippen LogP contribution is -2.33. The highest BCUT2D eigenvalue weighted by Gasteiger charge is 2.10. The Morgan fingerprint density at radius 3 is 2.70 bits per heavy atom. The molecule has 0 saturated carbocycles. The molecule has 0 aliphatic heterocycles. The van der Waals surface area contributed by atoms with Crippen LogP contribution in [0.4, 0.5) is 0 Å². The van der Waals surface area contributed by atoms with E-state index in [0.29, 0.717) is 25.9 Å². The molecule has 0 atom stereocenters. The van der Waals surface area contributed by atoms with E-state index in [2.05, 4.69) is 25.9 Å². The largest absolute Gasteiger partial charge is 0.355 e. The number of fused-ring (bicyclic) bond motifs is 1. The molecule has 2 heterocycles. The number of aryl methyl sites for hydroxylation is 2. The molecule has 0 spiro atoms. The highest BCUT2D eigenvalue weighted by Crippen LogP contribution is 2.14. The molecule has 2 aromatic heterocycles. The van der Waals surface area contributed by atoms with Gasteiger partial charge in [0.15, 0.2) is 5.82 Å². The summed E-state index contributed by atoms with van der Waals surface area (Å²) in [7, 11) is 0. The normalized spacial score (nSPS) is 10.7. The number of nitrogens with one attached hydrogen (secondary N) is 2. The summed E-state index contributed by atoms with van der Waals surface area (Å²) in [6, 6.07) is 0. The number of hydrogen-bond acceptors (Lipinski definition) is 6. The zero-order valence-corrected chi connectivity index (χ0v) is 12.2. The quantitative estimate of drug-likeness (QED) is 0.711. The Kier molecular flexibility index (Phi) is 4.61. The highest BCUT2D eigenvalue weighted by atomic mass is 32.1. The van der Waals surface area contributed by atoms with Gasteiger partial charge in [0.1, 0.15) is 5.01 Å². The maximum absolute atomic E-state index is 11.6.